The number of amides is 1. The minimum Gasteiger partial charge on any atom is -0.492 e. The number of ether oxygens (including phenoxy) is 2. The quantitative estimate of drug-likeness (QED) is 0.501. The first kappa shape index (κ1) is 22.0. The molecule has 2 heterocycles. The third kappa shape index (κ3) is 5.33. The zero-order valence-corrected chi connectivity index (χ0v) is 18.5. The molecular formula is C24H31N5O3. The minimum absolute atomic E-state index is 0.461. The first-order valence-corrected chi connectivity index (χ1v) is 11.0. The number of hydrogen-bond acceptors (Lipinski definition) is 6. The second-order valence-electron chi connectivity index (χ2n) is 7.90. The van der Waals surface area contributed by atoms with Crippen molar-refractivity contribution in [1.82, 2.24) is 9.88 Å². The summed E-state index contributed by atoms with van der Waals surface area (Å²) in [7, 11) is 1.36. The second kappa shape index (κ2) is 10.4. The van der Waals surface area contributed by atoms with E-state index in [1.807, 2.05) is 36.5 Å². The molecule has 0 unspecified atom stereocenters. The number of rotatable bonds is 8. The molecule has 1 aliphatic heterocycles. The van der Waals surface area contributed by atoms with Gasteiger partial charge in [-0.2, -0.15) is 0 Å². The molecule has 8 nitrogen and oxygen atoms in total. The van der Waals surface area contributed by atoms with Gasteiger partial charge in [0.1, 0.15) is 12.4 Å². The van der Waals surface area contributed by atoms with Gasteiger partial charge in [0.25, 0.3) is 0 Å². The lowest BCUT2D eigenvalue weighted by molar-refractivity contribution is 0.187. The summed E-state index contributed by atoms with van der Waals surface area (Å²) >= 11 is 0. The number of aromatic amines is 1. The van der Waals surface area contributed by atoms with Crippen LogP contribution in [-0.2, 0) is 11.2 Å². The second-order valence-corrected chi connectivity index (χ2v) is 7.90. The Hall–Kier alpha value is -3.23. The average Bonchev–Trinajstić information content (AvgIpc) is 3.22. The number of carbonyl (C=O) groups is 1. The minimum atomic E-state index is -0.461. The molecule has 170 valence electrons. The molecule has 32 heavy (non-hydrogen) atoms. The maximum atomic E-state index is 11.3. The largest absolute Gasteiger partial charge is 0.492 e. The van der Waals surface area contributed by atoms with Gasteiger partial charge in [-0.1, -0.05) is 0 Å². The zero-order valence-electron chi connectivity index (χ0n) is 18.5. The fourth-order valence-corrected chi connectivity index (χ4v) is 4.06. The molecule has 3 aromatic rings. The number of hydrogen-bond donors (Lipinski definition) is 3. The van der Waals surface area contributed by atoms with Gasteiger partial charge < -0.3 is 25.1 Å². The molecule has 4 N–H and O–H groups in total. The van der Waals surface area contributed by atoms with Gasteiger partial charge in [0.2, 0.25) is 0 Å². The summed E-state index contributed by atoms with van der Waals surface area (Å²) in [6.07, 6.45) is 2.43. The SMILES string of the molecule is COC(=O)Nc1ccc(N2CCN(CCOc3ccc4[nH]cc(CCN)c4c3)CC2)cc1. The van der Waals surface area contributed by atoms with Crippen LogP contribution in [0.5, 0.6) is 5.75 Å². The molecule has 1 amide bonds. The lowest BCUT2D eigenvalue weighted by Gasteiger charge is -2.36. The fourth-order valence-electron chi connectivity index (χ4n) is 4.06. The van der Waals surface area contributed by atoms with Gasteiger partial charge in [0.05, 0.1) is 7.11 Å². The standard InChI is InChI=1S/C24H31N5O3/c1-31-24(30)27-19-2-4-20(5-3-19)29-12-10-28(11-13-29)14-15-32-21-6-7-23-22(16-21)18(8-9-25)17-26-23/h2-7,16-17,26H,8-15,25H2,1H3,(H,27,30). The highest BCUT2D eigenvalue weighted by Gasteiger charge is 2.17. The van der Waals surface area contributed by atoms with E-state index in [2.05, 4.69) is 37.0 Å². The summed E-state index contributed by atoms with van der Waals surface area (Å²) < 4.78 is 10.7. The van der Waals surface area contributed by atoms with Gasteiger partial charge in [0, 0.05) is 61.2 Å². The van der Waals surface area contributed by atoms with E-state index in [1.165, 1.54) is 18.1 Å². The molecule has 0 aliphatic carbocycles. The van der Waals surface area contributed by atoms with Crippen molar-refractivity contribution in [3.05, 3.63) is 54.2 Å². The highest BCUT2D eigenvalue weighted by atomic mass is 16.5. The van der Waals surface area contributed by atoms with Gasteiger partial charge in [-0.15, -0.1) is 0 Å². The van der Waals surface area contributed by atoms with Crippen molar-refractivity contribution in [2.24, 2.45) is 5.73 Å². The zero-order chi connectivity index (χ0) is 22.3. The third-order valence-electron chi connectivity index (χ3n) is 5.87. The summed E-state index contributed by atoms with van der Waals surface area (Å²) in [6.45, 7) is 6.10. The van der Waals surface area contributed by atoms with Crippen molar-refractivity contribution in [1.29, 1.82) is 0 Å². The van der Waals surface area contributed by atoms with Crippen molar-refractivity contribution in [3.63, 3.8) is 0 Å². The van der Waals surface area contributed by atoms with Crippen LogP contribution in [0.3, 0.4) is 0 Å². The highest BCUT2D eigenvalue weighted by Crippen LogP contribution is 2.24. The fraction of sp³-hybridized carbons (Fsp3) is 0.375. The molecule has 1 saturated heterocycles. The number of nitrogens with one attached hydrogen (secondary N) is 2. The van der Waals surface area contributed by atoms with E-state index < -0.39 is 6.09 Å². The van der Waals surface area contributed by atoms with E-state index in [1.54, 1.807) is 0 Å². The molecular weight excluding hydrogens is 406 g/mol. The molecule has 0 atom stereocenters. The number of anilines is 2. The number of H-pyrrole nitrogens is 1. The van der Waals surface area contributed by atoms with Crippen LogP contribution in [-0.4, -0.2) is 69.0 Å². The predicted octanol–water partition coefficient (Wildman–Crippen LogP) is 3.05. The summed E-state index contributed by atoms with van der Waals surface area (Å²) in [5, 5.41) is 3.86. The van der Waals surface area contributed by atoms with E-state index in [0.29, 0.717) is 13.2 Å². The molecule has 1 aliphatic rings. The van der Waals surface area contributed by atoms with Gasteiger partial charge in [0.15, 0.2) is 0 Å². The van der Waals surface area contributed by atoms with Crippen LogP contribution in [0.15, 0.2) is 48.7 Å². The molecule has 0 spiro atoms. The number of aromatic nitrogens is 1. The Morgan fingerprint density at radius 1 is 1.12 bits per heavy atom. The number of benzene rings is 2. The predicted molar refractivity (Wildman–Crippen MR) is 128 cm³/mol. The monoisotopic (exact) mass is 437 g/mol. The van der Waals surface area contributed by atoms with E-state index in [0.717, 1.165) is 61.8 Å². The van der Waals surface area contributed by atoms with Crippen molar-refractivity contribution in [2.45, 2.75) is 6.42 Å². The lowest BCUT2D eigenvalue weighted by Crippen LogP contribution is -2.47. The Bertz CT molecular complexity index is 1030. The van der Waals surface area contributed by atoms with Crippen LogP contribution in [0.25, 0.3) is 10.9 Å². The molecule has 0 bridgehead atoms. The Balaban J connectivity index is 1.23. The summed E-state index contributed by atoms with van der Waals surface area (Å²) in [5.74, 6) is 0.898. The molecule has 2 aromatic carbocycles. The van der Waals surface area contributed by atoms with Crippen molar-refractivity contribution >= 4 is 28.4 Å². The van der Waals surface area contributed by atoms with E-state index >= 15 is 0 Å². The van der Waals surface area contributed by atoms with Crippen molar-refractivity contribution < 1.29 is 14.3 Å². The first-order chi connectivity index (χ1) is 15.7. The van der Waals surface area contributed by atoms with Crippen molar-refractivity contribution in [3.8, 4) is 5.75 Å². The van der Waals surface area contributed by atoms with E-state index in [9.17, 15) is 4.79 Å². The van der Waals surface area contributed by atoms with Crippen LogP contribution in [0.1, 0.15) is 5.56 Å². The van der Waals surface area contributed by atoms with E-state index in [-0.39, 0.29) is 0 Å². The summed E-state index contributed by atoms with van der Waals surface area (Å²) in [6, 6.07) is 14.0. The van der Waals surface area contributed by atoms with Gasteiger partial charge in [-0.05, 0) is 61.0 Å². The van der Waals surface area contributed by atoms with Crippen molar-refractivity contribution in [2.75, 3.05) is 63.2 Å². The summed E-state index contributed by atoms with van der Waals surface area (Å²) in [4.78, 5) is 19.4. The Morgan fingerprint density at radius 2 is 1.91 bits per heavy atom. The smallest absolute Gasteiger partial charge is 0.411 e. The normalized spacial score (nSPS) is 14.5. The van der Waals surface area contributed by atoms with Crippen LogP contribution < -0.4 is 20.7 Å². The number of piperazine rings is 1. The maximum Gasteiger partial charge on any atom is 0.411 e. The highest BCUT2D eigenvalue weighted by molar-refractivity contribution is 5.85. The molecule has 1 aromatic heterocycles. The number of nitrogens with zero attached hydrogens (tertiary/aromatic N) is 2. The number of fused-ring (bicyclic) bond motifs is 1. The first-order valence-electron chi connectivity index (χ1n) is 11.0. The van der Waals surface area contributed by atoms with Gasteiger partial charge in [-0.25, -0.2) is 4.79 Å². The molecule has 8 heteroatoms. The van der Waals surface area contributed by atoms with Crippen LogP contribution >= 0.6 is 0 Å². The van der Waals surface area contributed by atoms with Crippen LogP contribution in [0.2, 0.25) is 0 Å². The molecule has 0 saturated carbocycles. The third-order valence-corrected chi connectivity index (χ3v) is 5.87. The van der Waals surface area contributed by atoms with Crippen LogP contribution in [0.4, 0.5) is 16.2 Å². The molecule has 4 rings (SSSR count). The van der Waals surface area contributed by atoms with E-state index in [4.69, 9.17) is 10.5 Å². The Morgan fingerprint density at radius 3 is 2.62 bits per heavy atom. The topological polar surface area (TPSA) is 95.9 Å². The Kier molecular flexibility index (Phi) is 7.14. The van der Waals surface area contributed by atoms with Crippen LogP contribution in [0, 0.1) is 0 Å². The molecule has 1 fully saturated rings. The number of nitrogens with two attached hydrogens (primary N) is 1. The maximum absolute atomic E-state index is 11.3. The van der Waals surface area contributed by atoms with Gasteiger partial charge in [-0.3, -0.25) is 10.2 Å². The average molecular weight is 438 g/mol. The Labute approximate surface area is 188 Å². The molecule has 0 radical (unpaired) electrons. The number of methoxy groups -OCH3 is 1. The number of carbonyl (C=O) groups excluding carboxylic acids is 1. The lowest BCUT2D eigenvalue weighted by atomic mass is 10.1. The summed E-state index contributed by atoms with van der Waals surface area (Å²) in [5.41, 5.74) is 9.95. The van der Waals surface area contributed by atoms with Gasteiger partial charge >= 0.3 is 6.09 Å².